The molecule has 3 rings (SSSR count). The summed E-state index contributed by atoms with van der Waals surface area (Å²) in [5.41, 5.74) is 3.75. The zero-order chi connectivity index (χ0) is 21.0. The van der Waals surface area contributed by atoms with Crippen molar-refractivity contribution in [1.29, 1.82) is 0 Å². The molecule has 29 heavy (non-hydrogen) atoms. The number of hydrogen-bond acceptors (Lipinski definition) is 4. The van der Waals surface area contributed by atoms with Gasteiger partial charge in [0.2, 0.25) is 0 Å². The van der Waals surface area contributed by atoms with E-state index >= 15 is 0 Å². The van der Waals surface area contributed by atoms with Gasteiger partial charge in [0.1, 0.15) is 0 Å². The maximum absolute atomic E-state index is 12.6. The summed E-state index contributed by atoms with van der Waals surface area (Å²) in [5, 5.41) is 2.90. The lowest BCUT2D eigenvalue weighted by atomic mass is 9.85. The second kappa shape index (κ2) is 8.55. The summed E-state index contributed by atoms with van der Waals surface area (Å²) >= 11 is 0. The molecule has 1 aliphatic heterocycles. The van der Waals surface area contributed by atoms with Gasteiger partial charge in [-0.1, -0.05) is 39.0 Å². The lowest BCUT2D eigenvalue weighted by molar-refractivity contribution is 0.0600. The van der Waals surface area contributed by atoms with E-state index in [-0.39, 0.29) is 11.4 Å². The lowest BCUT2D eigenvalue weighted by Gasteiger charge is -2.38. The number of para-hydroxylation sites is 1. The lowest BCUT2D eigenvalue weighted by Crippen LogP contribution is -2.50. The second-order valence-corrected chi connectivity index (χ2v) is 8.24. The predicted molar refractivity (Wildman–Crippen MR) is 116 cm³/mol. The molecular formula is C23H29N3O3. The van der Waals surface area contributed by atoms with E-state index in [2.05, 4.69) is 60.0 Å². The van der Waals surface area contributed by atoms with Gasteiger partial charge in [-0.15, -0.1) is 0 Å². The molecule has 1 fully saturated rings. The number of urea groups is 1. The number of rotatable bonds is 3. The normalized spacial score (nSPS) is 14.5. The van der Waals surface area contributed by atoms with Crippen LogP contribution >= 0.6 is 0 Å². The maximum Gasteiger partial charge on any atom is 0.337 e. The number of anilines is 2. The summed E-state index contributed by atoms with van der Waals surface area (Å²) in [6.07, 6.45) is 0. The summed E-state index contributed by atoms with van der Waals surface area (Å²) < 4.78 is 4.69. The maximum atomic E-state index is 12.6. The average molecular weight is 396 g/mol. The summed E-state index contributed by atoms with van der Waals surface area (Å²) in [6, 6.07) is 15.1. The highest BCUT2D eigenvalue weighted by Gasteiger charge is 2.25. The standard InChI is InChI=1S/C23H29N3O3/c1-23(2,3)19-7-5-6-8-20(19)25-13-15-26(16-14-25)22(28)24-18-11-9-17(10-12-18)21(27)29-4/h5-12H,13-16H2,1-4H3,(H,24,28). The molecule has 0 bridgehead atoms. The molecule has 1 saturated heterocycles. The Bertz CT molecular complexity index is 864. The predicted octanol–water partition coefficient (Wildman–Crippen LogP) is 4.12. The summed E-state index contributed by atoms with van der Waals surface area (Å²) in [6.45, 7) is 9.57. The minimum atomic E-state index is -0.394. The Hall–Kier alpha value is -3.02. The van der Waals surface area contributed by atoms with E-state index in [1.54, 1.807) is 24.3 Å². The van der Waals surface area contributed by atoms with Crippen LogP contribution in [0.4, 0.5) is 16.2 Å². The van der Waals surface area contributed by atoms with Crippen LogP contribution in [0.3, 0.4) is 0 Å². The van der Waals surface area contributed by atoms with Gasteiger partial charge in [0.15, 0.2) is 0 Å². The van der Waals surface area contributed by atoms with Crippen molar-refractivity contribution in [2.45, 2.75) is 26.2 Å². The molecule has 1 N–H and O–H groups in total. The second-order valence-electron chi connectivity index (χ2n) is 8.24. The largest absolute Gasteiger partial charge is 0.465 e. The van der Waals surface area contributed by atoms with E-state index in [1.807, 2.05) is 4.90 Å². The molecule has 2 aromatic rings. The van der Waals surface area contributed by atoms with Crippen LogP contribution in [0.25, 0.3) is 0 Å². The van der Waals surface area contributed by atoms with E-state index in [4.69, 9.17) is 0 Å². The van der Waals surface area contributed by atoms with Gasteiger partial charge in [0.25, 0.3) is 0 Å². The highest BCUT2D eigenvalue weighted by molar-refractivity contribution is 5.92. The summed E-state index contributed by atoms with van der Waals surface area (Å²) in [5.74, 6) is -0.394. The highest BCUT2D eigenvalue weighted by atomic mass is 16.5. The number of piperazine rings is 1. The van der Waals surface area contributed by atoms with Crippen LogP contribution in [0.5, 0.6) is 0 Å². The number of benzene rings is 2. The summed E-state index contributed by atoms with van der Waals surface area (Å²) in [4.78, 5) is 28.3. The van der Waals surface area contributed by atoms with E-state index < -0.39 is 5.97 Å². The number of esters is 1. The van der Waals surface area contributed by atoms with Crippen molar-refractivity contribution in [3.8, 4) is 0 Å². The van der Waals surface area contributed by atoms with Crippen LogP contribution in [0.15, 0.2) is 48.5 Å². The van der Waals surface area contributed by atoms with Crippen LogP contribution in [0.1, 0.15) is 36.7 Å². The van der Waals surface area contributed by atoms with Crippen molar-refractivity contribution in [2.24, 2.45) is 0 Å². The molecule has 154 valence electrons. The number of methoxy groups -OCH3 is 1. The van der Waals surface area contributed by atoms with Crippen molar-refractivity contribution < 1.29 is 14.3 Å². The molecule has 0 unspecified atom stereocenters. The van der Waals surface area contributed by atoms with Gasteiger partial charge in [-0.3, -0.25) is 0 Å². The molecular weight excluding hydrogens is 366 g/mol. The number of amides is 2. The molecule has 2 amide bonds. The van der Waals surface area contributed by atoms with Crippen molar-refractivity contribution in [3.05, 3.63) is 59.7 Å². The number of hydrogen-bond donors (Lipinski definition) is 1. The Morgan fingerprint density at radius 2 is 1.55 bits per heavy atom. The molecule has 6 heteroatoms. The quantitative estimate of drug-likeness (QED) is 0.794. The van der Waals surface area contributed by atoms with Crippen molar-refractivity contribution in [1.82, 2.24) is 4.90 Å². The van der Waals surface area contributed by atoms with Crippen LogP contribution < -0.4 is 10.2 Å². The fourth-order valence-electron chi connectivity index (χ4n) is 3.54. The van der Waals surface area contributed by atoms with Crippen LogP contribution in [-0.4, -0.2) is 50.2 Å². The zero-order valence-corrected chi connectivity index (χ0v) is 17.6. The molecule has 0 saturated carbocycles. The molecule has 0 aromatic heterocycles. The van der Waals surface area contributed by atoms with Crippen LogP contribution in [-0.2, 0) is 10.2 Å². The average Bonchev–Trinajstić information content (AvgIpc) is 2.73. The number of nitrogens with zero attached hydrogens (tertiary/aromatic N) is 2. The van der Waals surface area contributed by atoms with E-state index in [0.717, 1.165) is 13.1 Å². The Labute approximate surface area is 172 Å². The van der Waals surface area contributed by atoms with Crippen molar-refractivity contribution in [3.63, 3.8) is 0 Å². The van der Waals surface area contributed by atoms with Crippen LogP contribution in [0.2, 0.25) is 0 Å². The Balaban J connectivity index is 1.60. The third-order valence-electron chi connectivity index (χ3n) is 5.18. The Morgan fingerprint density at radius 1 is 0.931 bits per heavy atom. The van der Waals surface area contributed by atoms with E-state index in [1.165, 1.54) is 18.4 Å². The van der Waals surface area contributed by atoms with Gasteiger partial charge < -0.3 is 19.9 Å². The topological polar surface area (TPSA) is 61.9 Å². The Kier molecular flexibility index (Phi) is 6.11. The minimum absolute atomic E-state index is 0.0709. The number of carbonyl (C=O) groups excluding carboxylic acids is 2. The number of nitrogens with one attached hydrogen (secondary N) is 1. The molecule has 0 spiro atoms. The molecule has 6 nitrogen and oxygen atoms in total. The van der Waals surface area contributed by atoms with Gasteiger partial charge in [-0.05, 0) is 41.3 Å². The number of ether oxygens (including phenoxy) is 1. The first-order valence-corrected chi connectivity index (χ1v) is 9.88. The first kappa shape index (κ1) is 20.7. The smallest absolute Gasteiger partial charge is 0.337 e. The molecule has 2 aromatic carbocycles. The zero-order valence-electron chi connectivity index (χ0n) is 17.6. The van der Waals surface area contributed by atoms with Gasteiger partial charge in [-0.2, -0.15) is 0 Å². The fourth-order valence-corrected chi connectivity index (χ4v) is 3.54. The number of carbonyl (C=O) groups is 2. The van der Waals surface area contributed by atoms with Gasteiger partial charge >= 0.3 is 12.0 Å². The molecule has 1 aliphatic rings. The van der Waals surface area contributed by atoms with E-state index in [9.17, 15) is 9.59 Å². The van der Waals surface area contributed by atoms with Gasteiger partial charge in [-0.25, -0.2) is 9.59 Å². The minimum Gasteiger partial charge on any atom is -0.465 e. The molecule has 0 radical (unpaired) electrons. The molecule has 0 atom stereocenters. The van der Waals surface area contributed by atoms with E-state index in [0.29, 0.717) is 24.3 Å². The Morgan fingerprint density at radius 3 is 2.14 bits per heavy atom. The fraction of sp³-hybridized carbons (Fsp3) is 0.391. The third kappa shape index (κ3) is 4.88. The van der Waals surface area contributed by atoms with Crippen molar-refractivity contribution in [2.75, 3.05) is 43.5 Å². The third-order valence-corrected chi connectivity index (χ3v) is 5.18. The summed E-state index contributed by atoms with van der Waals surface area (Å²) in [7, 11) is 1.34. The van der Waals surface area contributed by atoms with Crippen molar-refractivity contribution >= 4 is 23.4 Å². The SMILES string of the molecule is COC(=O)c1ccc(NC(=O)N2CCN(c3ccccc3C(C)(C)C)CC2)cc1. The highest BCUT2D eigenvalue weighted by Crippen LogP contribution is 2.32. The van der Waals surface area contributed by atoms with Crippen LogP contribution in [0, 0.1) is 0 Å². The first-order chi connectivity index (χ1) is 13.8. The van der Waals surface area contributed by atoms with Gasteiger partial charge in [0, 0.05) is 37.6 Å². The molecule has 0 aliphatic carbocycles. The molecule has 1 heterocycles. The first-order valence-electron chi connectivity index (χ1n) is 9.88. The monoisotopic (exact) mass is 395 g/mol. The van der Waals surface area contributed by atoms with Gasteiger partial charge in [0.05, 0.1) is 12.7 Å².